The summed E-state index contributed by atoms with van der Waals surface area (Å²) in [7, 11) is 0. The van der Waals surface area contributed by atoms with E-state index < -0.39 is 12.0 Å². The third-order valence-corrected chi connectivity index (χ3v) is 5.88. The number of carbonyl (C=O) groups is 1. The standard InChI is InChI=1S/C17H23Cl3O4Si/c1-2-3-10-24-16-13-14(7-9-17(21)22)6-8-15(16)23-11-4-5-12-25(18,19)20/h6-9,13H,2-5,10-12H2,1H3,(H,21,22)/b9-7+. The van der Waals surface area contributed by atoms with E-state index in [9.17, 15) is 4.79 Å². The van der Waals surface area contributed by atoms with Crippen LogP contribution in [-0.4, -0.2) is 30.3 Å². The van der Waals surface area contributed by atoms with Crippen molar-refractivity contribution in [2.24, 2.45) is 0 Å². The van der Waals surface area contributed by atoms with Crippen molar-refractivity contribution in [2.45, 2.75) is 38.7 Å². The summed E-state index contributed by atoms with van der Waals surface area (Å²) in [5, 5.41) is 8.73. The molecule has 4 nitrogen and oxygen atoms in total. The summed E-state index contributed by atoms with van der Waals surface area (Å²) in [4.78, 5) is 10.6. The fraction of sp³-hybridized carbons (Fsp3) is 0.471. The number of unbranched alkanes of at least 4 members (excludes halogenated alkanes) is 2. The first kappa shape index (κ1) is 22.2. The van der Waals surface area contributed by atoms with Gasteiger partial charge in [0, 0.05) is 6.08 Å². The van der Waals surface area contributed by atoms with Gasteiger partial charge in [-0.25, -0.2) is 4.79 Å². The number of carboxylic acid groups (broad SMARTS) is 1. The van der Waals surface area contributed by atoms with Gasteiger partial charge in [0.1, 0.15) is 0 Å². The van der Waals surface area contributed by atoms with Crippen LogP contribution in [0.15, 0.2) is 24.3 Å². The molecule has 0 aromatic heterocycles. The first-order chi connectivity index (χ1) is 11.8. The summed E-state index contributed by atoms with van der Waals surface area (Å²) in [5.74, 6) is 0.248. The molecule has 0 fully saturated rings. The average molecular weight is 426 g/mol. The highest BCUT2D eigenvalue weighted by Gasteiger charge is 2.23. The number of rotatable bonds is 12. The lowest BCUT2D eigenvalue weighted by Gasteiger charge is -2.14. The summed E-state index contributed by atoms with van der Waals surface area (Å²) in [6, 6.07) is 3.39. The Morgan fingerprint density at radius 2 is 1.80 bits per heavy atom. The Kier molecular flexibility index (Phi) is 10.4. The van der Waals surface area contributed by atoms with Gasteiger partial charge in [-0.05, 0) is 49.1 Å². The summed E-state index contributed by atoms with van der Waals surface area (Å²) < 4.78 is 11.6. The summed E-state index contributed by atoms with van der Waals surface area (Å²) >= 11 is 17.6. The van der Waals surface area contributed by atoms with E-state index in [1.165, 1.54) is 6.08 Å². The van der Waals surface area contributed by atoms with Crippen molar-refractivity contribution in [1.82, 2.24) is 0 Å². The highest BCUT2D eigenvalue weighted by atomic mass is 35.8. The van der Waals surface area contributed by atoms with Gasteiger partial charge in [-0.1, -0.05) is 19.4 Å². The molecule has 140 valence electrons. The third-order valence-electron chi connectivity index (χ3n) is 3.25. The lowest BCUT2D eigenvalue weighted by atomic mass is 10.2. The maximum absolute atomic E-state index is 10.6. The van der Waals surface area contributed by atoms with Gasteiger partial charge in [0.05, 0.1) is 13.2 Å². The van der Waals surface area contributed by atoms with Crippen LogP contribution in [0.4, 0.5) is 0 Å². The van der Waals surface area contributed by atoms with Crippen molar-refractivity contribution in [3.63, 3.8) is 0 Å². The molecule has 0 radical (unpaired) electrons. The normalized spacial score (nSPS) is 11.7. The second kappa shape index (κ2) is 11.7. The van der Waals surface area contributed by atoms with Crippen molar-refractivity contribution in [3.8, 4) is 11.5 Å². The Labute approximate surface area is 163 Å². The minimum absolute atomic E-state index is 0.504. The molecule has 0 aliphatic rings. The summed E-state index contributed by atoms with van der Waals surface area (Å²) in [6.45, 7) is 3.17. The second-order valence-corrected chi connectivity index (χ2v) is 14.8. The van der Waals surface area contributed by atoms with Crippen LogP contribution in [0.3, 0.4) is 0 Å². The molecule has 1 aromatic carbocycles. The van der Waals surface area contributed by atoms with E-state index in [4.69, 9.17) is 47.8 Å². The number of ether oxygens (including phenoxy) is 2. The van der Waals surface area contributed by atoms with E-state index in [0.717, 1.165) is 37.3 Å². The molecule has 0 aliphatic carbocycles. The zero-order valence-corrected chi connectivity index (χ0v) is 17.4. The molecule has 0 amide bonds. The number of hydrogen-bond donors (Lipinski definition) is 1. The topological polar surface area (TPSA) is 55.8 Å². The van der Waals surface area contributed by atoms with Gasteiger partial charge in [-0.3, -0.25) is 0 Å². The molecule has 1 rings (SSSR count). The molecular weight excluding hydrogens is 403 g/mol. The molecule has 0 saturated carbocycles. The average Bonchev–Trinajstić information content (AvgIpc) is 2.53. The lowest BCUT2D eigenvalue weighted by molar-refractivity contribution is -0.131. The van der Waals surface area contributed by atoms with E-state index in [-0.39, 0.29) is 0 Å². The lowest BCUT2D eigenvalue weighted by Crippen LogP contribution is -2.09. The van der Waals surface area contributed by atoms with Gasteiger partial charge in [0.2, 0.25) is 0 Å². The molecule has 0 bridgehead atoms. The minimum Gasteiger partial charge on any atom is -0.490 e. The molecule has 1 aromatic rings. The molecule has 0 aliphatic heterocycles. The maximum atomic E-state index is 10.6. The number of hydrogen-bond acceptors (Lipinski definition) is 3. The van der Waals surface area contributed by atoms with Crippen LogP contribution in [0.25, 0.3) is 6.08 Å². The molecule has 25 heavy (non-hydrogen) atoms. The van der Waals surface area contributed by atoms with E-state index in [2.05, 4.69) is 6.92 Å². The zero-order chi connectivity index (χ0) is 18.7. The maximum Gasteiger partial charge on any atom is 0.341 e. The smallest absolute Gasteiger partial charge is 0.341 e. The Hall–Kier alpha value is -0.883. The monoisotopic (exact) mass is 424 g/mol. The number of aliphatic carboxylic acids is 1. The quantitative estimate of drug-likeness (QED) is 0.200. The van der Waals surface area contributed by atoms with Gasteiger partial charge in [-0.15, -0.1) is 33.2 Å². The summed E-state index contributed by atoms with van der Waals surface area (Å²) in [5.41, 5.74) is 0.739. The van der Waals surface area contributed by atoms with Crippen LogP contribution in [0, 0.1) is 0 Å². The van der Waals surface area contributed by atoms with Gasteiger partial charge >= 0.3 is 12.0 Å². The molecule has 8 heteroatoms. The fourth-order valence-corrected chi connectivity index (χ4v) is 3.82. The van der Waals surface area contributed by atoms with Crippen LogP contribution in [0.2, 0.25) is 6.04 Å². The van der Waals surface area contributed by atoms with Crippen molar-refractivity contribution in [1.29, 1.82) is 0 Å². The van der Waals surface area contributed by atoms with Crippen molar-refractivity contribution < 1.29 is 19.4 Å². The van der Waals surface area contributed by atoms with Crippen LogP contribution in [-0.2, 0) is 4.79 Å². The third kappa shape index (κ3) is 10.6. The van der Waals surface area contributed by atoms with E-state index in [1.54, 1.807) is 18.2 Å². The fourth-order valence-electron chi connectivity index (χ4n) is 1.96. The van der Waals surface area contributed by atoms with Gasteiger partial charge in [0.15, 0.2) is 11.5 Å². The molecule has 0 spiro atoms. The van der Waals surface area contributed by atoms with Gasteiger partial charge < -0.3 is 14.6 Å². The Morgan fingerprint density at radius 1 is 1.12 bits per heavy atom. The highest BCUT2D eigenvalue weighted by Crippen LogP contribution is 2.30. The number of halogens is 3. The Bertz CT molecular complexity index is 574. The zero-order valence-electron chi connectivity index (χ0n) is 14.1. The molecule has 0 unspecified atom stereocenters. The van der Waals surface area contributed by atoms with Crippen LogP contribution in [0.1, 0.15) is 38.2 Å². The van der Waals surface area contributed by atoms with E-state index >= 15 is 0 Å². The molecule has 0 atom stereocenters. The van der Waals surface area contributed by atoms with Crippen molar-refractivity contribution in [2.75, 3.05) is 13.2 Å². The Balaban J connectivity index is 2.66. The molecule has 1 N–H and O–H groups in total. The predicted molar refractivity (Wildman–Crippen MR) is 106 cm³/mol. The molecule has 0 saturated heterocycles. The predicted octanol–water partition coefficient (Wildman–Crippen LogP) is 5.78. The summed E-state index contributed by atoms with van der Waals surface area (Å²) in [6.07, 6.45) is 6.15. The van der Waals surface area contributed by atoms with E-state index in [0.29, 0.717) is 30.8 Å². The van der Waals surface area contributed by atoms with Gasteiger partial charge in [-0.2, -0.15) is 0 Å². The van der Waals surface area contributed by atoms with Crippen LogP contribution >= 0.6 is 33.2 Å². The van der Waals surface area contributed by atoms with Crippen LogP contribution in [0.5, 0.6) is 11.5 Å². The molecule has 0 heterocycles. The first-order valence-electron chi connectivity index (χ1n) is 8.19. The number of benzene rings is 1. The second-order valence-electron chi connectivity index (χ2n) is 5.50. The SMILES string of the molecule is CCCCOc1cc(/C=C/C(=O)O)ccc1OCCCC[Si](Cl)(Cl)Cl. The highest BCUT2D eigenvalue weighted by molar-refractivity contribution is 7.64. The Morgan fingerprint density at radius 3 is 2.44 bits per heavy atom. The van der Waals surface area contributed by atoms with Crippen LogP contribution < -0.4 is 9.47 Å². The first-order valence-corrected chi connectivity index (χ1v) is 13.4. The minimum atomic E-state index is -2.56. The number of carboxylic acids is 1. The van der Waals surface area contributed by atoms with Crippen molar-refractivity contribution in [3.05, 3.63) is 29.8 Å². The molecular formula is C17H23Cl3O4Si. The van der Waals surface area contributed by atoms with E-state index in [1.807, 2.05) is 0 Å². The van der Waals surface area contributed by atoms with Crippen molar-refractivity contribution >= 4 is 51.3 Å². The largest absolute Gasteiger partial charge is 0.490 e. The van der Waals surface area contributed by atoms with Gasteiger partial charge in [0.25, 0.3) is 0 Å².